The molecule has 2 N–H and O–H groups in total. The van der Waals surface area contributed by atoms with Gasteiger partial charge in [-0.25, -0.2) is 9.97 Å². The van der Waals surface area contributed by atoms with Gasteiger partial charge < -0.3 is 15.1 Å². The molecule has 2 fully saturated rings. The summed E-state index contributed by atoms with van der Waals surface area (Å²) in [4.78, 5) is 24.8. The van der Waals surface area contributed by atoms with Crippen LogP contribution in [0, 0.1) is 0 Å². The molecule has 1 aromatic rings. The van der Waals surface area contributed by atoms with Gasteiger partial charge in [-0.2, -0.15) is 0 Å². The molecule has 1 atom stereocenters. The fraction of sp³-hybridized carbons (Fsp3) is 0.722. The van der Waals surface area contributed by atoms with E-state index in [1.165, 1.54) is 30.6 Å². The molecule has 1 amide bonds. The summed E-state index contributed by atoms with van der Waals surface area (Å²) in [5, 5.41) is 3.30. The summed E-state index contributed by atoms with van der Waals surface area (Å²) in [5.74, 6) is 1.02. The topological polar surface area (TPSA) is 62.6 Å². The van der Waals surface area contributed by atoms with Gasteiger partial charge in [0.15, 0.2) is 6.04 Å². The molecule has 3 rings (SSSR count). The zero-order chi connectivity index (χ0) is 16.8. The number of carbonyl (C=O) groups excluding carboxylic acids is 1. The summed E-state index contributed by atoms with van der Waals surface area (Å²) in [5.41, 5.74) is 0. The number of piperazine rings is 1. The van der Waals surface area contributed by atoms with Gasteiger partial charge in [-0.05, 0) is 25.8 Å². The van der Waals surface area contributed by atoms with Crippen LogP contribution in [0.25, 0.3) is 0 Å². The molecule has 132 valence electrons. The molecule has 0 unspecified atom stereocenters. The lowest BCUT2D eigenvalue weighted by molar-refractivity contribution is -0.914. The van der Waals surface area contributed by atoms with Gasteiger partial charge >= 0.3 is 0 Å². The molecule has 2 aliphatic rings. The number of nitrogens with zero attached hydrogens (tertiary/aromatic N) is 3. The Hall–Kier alpha value is -1.69. The molecular weight excluding hydrogens is 302 g/mol. The van der Waals surface area contributed by atoms with Crippen molar-refractivity contribution in [3.63, 3.8) is 0 Å². The highest BCUT2D eigenvalue weighted by Gasteiger charge is 2.30. The Morgan fingerprint density at radius 2 is 1.79 bits per heavy atom. The molecule has 1 aliphatic carbocycles. The fourth-order valence-electron chi connectivity index (χ4n) is 3.82. The van der Waals surface area contributed by atoms with Crippen molar-refractivity contribution in [2.75, 3.05) is 31.1 Å². The molecule has 0 aromatic carbocycles. The first kappa shape index (κ1) is 17.1. The van der Waals surface area contributed by atoms with Crippen LogP contribution in [0.3, 0.4) is 0 Å². The molecule has 1 saturated carbocycles. The first-order chi connectivity index (χ1) is 11.7. The maximum atomic E-state index is 12.6. The lowest BCUT2D eigenvalue weighted by Gasteiger charge is -2.35. The van der Waals surface area contributed by atoms with Crippen LogP contribution >= 0.6 is 0 Å². The number of quaternary nitrogens is 1. The van der Waals surface area contributed by atoms with Gasteiger partial charge in [0, 0.05) is 18.4 Å². The number of hydrogen-bond acceptors (Lipinski definition) is 4. The monoisotopic (exact) mass is 332 g/mol. The van der Waals surface area contributed by atoms with Crippen molar-refractivity contribution in [2.24, 2.45) is 0 Å². The van der Waals surface area contributed by atoms with Crippen molar-refractivity contribution in [2.45, 2.75) is 57.5 Å². The van der Waals surface area contributed by atoms with E-state index < -0.39 is 0 Å². The van der Waals surface area contributed by atoms with Crippen LogP contribution < -0.4 is 15.1 Å². The highest BCUT2D eigenvalue weighted by Crippen LogP contribution is 2.17. The average Bonchev–Trinajstić information content (AvgIpc) is 2.90. The summed E-state index contributed by atoms with van der Waals surface area (Å²) < 4.78 is 0. The van der Waals surface area contributed by atoms with E-state index in [1.807, 2.05) is 6.07 Å². The second-order valence-electron chi connectivity index (χ2n) is 7.11. The average molecular weight is 332 g/mol. The van der Waals surface area contributed by atoms with Crippen LogP contribution in [0.2, 0.25) is 0 Å². The molecule has 0 spiro atoms. The van der Waals surface area contributed by atoms with Crippen LogP contribution in [0.1, 0.15) is 45.4 Å². The van der Waals surface area contributed by atoms with Gasteiger partial charge in [-0.15, -0.1) is 0 Å². The maximum Gasteiger partial charge on any atom is 0.278 e. The molecular formula is C18H30N5O+. The Kier molecular flexibility index (Phi) is 6.01. The second kappa shape index (κ2) is 8.42. The van der Waals surface area contributed by atoms with E-state index in [4.69, 9.17) is 0 Å². The van der Waals surface area contributed by atoms with Crippen molar-refractivity contribution >= 4 is 11.9 Å². The van der Waals surface area contributed by atoms with Crippen LogP contribution in [-0.4, -0.2) is 54.1 Å². The Balaban J connectivity index is 1.47. The van der Waals surface area contributed by atoms with Gasteiger partial charge in [-0.3, -0.25) is 4.79 Å². The third kappa shape index (κ3) is 4.44. The van der Waals surface area contributed by atoms with Crippen molar-refractivity contribution < 1.29 is 9.69 Å². The third-order valence-corrected chi connectivity index (χ3v) is 5.45. The summed E-state index contributed by atoms with van der Waals surface area (Å²) >= 11 is 0. The van der Waals surface area contributed by atoms with Crippen molar-refractivity contribution in [3.05, 3.63) is 18.5 Å². The Morgan fingerprint density at radius 1 is 1.17 bits per heavy atom. The van der Waals surface area contributed by atoms with Gasteiger partial charge in [0.05, 0.1) is 26.2 Å². The summed E-state index contributed by atoms with van der Waals surface area (Å²) in [6, 6.07) is 2.25. The molecule has 0 bridgehead atoms. The minimum Gasteiger partial charge on any atom is -0.348 e. The summed E-state index contributed by atoms with van der Waals surface area (Å²) in [7, 11) is 0. The molecule has 2 heterocycles. The number of aromatic nitrogens is 2. The number of nitrogens with one attached hydrogen (secondary N) is 2. The predicted molar refractivity (Wildman–Crippen MR) is 94.0 cm³/mol. The van der Waals surface area contributed by atoms with Crippen molar-refractivity contribution in [1.82, 2.24) is 15.3 Å². The van der Waals surface area contributed by atoms with E-state index in [9.17, 15) is 4.79 Å². The minimum atomic E-state index is 0.0205. The standard InChI is InChI=1S/C18H29N5O/c1-15(17(24)21-16-7-4-2-3-5-8-16)22-11-13-23(14-12-22)18-19-9-6-10-20-18/h6,9-10,15-16H,2-5,7-8,11-14H2,1H3,(H,21,24)/p+1/t15-/m1/s1. The molecule has 6 heteroatoms. The van der Waals surface area contributed by atoms with E-state index in [2.05, 4.69) is 27.1 Å². The van der Waals surface area contributed by atoms with Crippen LogP contribution in [0.15, 0.2) is 18.5 Å². The number of hydrogen-bond donors (Lipinski definition) is 2. The molecule has 1 aromatic heterocycles. The van der Waals surface area contributed by atoms with E-state index in [1.54, 1.807) is 12.4 Å². The van der Waals surface area contributed by atoms with Gasteiger partial charge in [0.1, 0.15) is 0 Å². The number of anilines is 1. The van der Waals surface area contributed by atoms with Gasteiger partial charge in [0.25, 0.3) is 5.91 Å². The van der Waals surface area contributed by atoms with Crippen molar-refractivity contribution in [3.8, 4) is 0 Å². The van der Waals surface area contributed by atoms with E-state index >= 15 is 0 Å². The lowest BCUT2D eigenvalue weighted by Crippen LogP contribution is -3.19. The third-order valence-electron chi connectivity index (χ3n) is 5.45. The summed E-state index contributed by atoms with van der Waals surface area (Å²) in [6.45, 7) is 5.78. The first-order valence-electron chi connectivity index (χ1n) is 9.41. The van der Waals surface area contributed by atoms with Crippen LogP contribution in [0.5, 0.6) is 0 Å². The Morgan fingerprint density at radius 3 is 2.42 bits per heavy atom. The van der Waals surface area contributed by atoms with Crippen molar-refractivity contribution in [1.29, 1.82) is 0 Å². The molecule has 24 heavy (non-hydrogen) atoms. The fourth-order valence-corrected chi connectivity index (χ4v) is 3.82. The molecule has 0 radical (unpaired) electrons. The maximum absolute atomic E-state index is 12.6. The minimum absolute atomic E-state index is 0.0205. The molecule has 1 aliphatic heterocycles. The van der Waals surface area contributed by atoms with Crippen LogP contribution in [0.4, 0.5) is 5.95 Å². The number of carbonyl (C=O) groups is 1. The van der Waals surface area contributed by atoms with Crippen LogP contribution in [-0.2, 0) is 4.79 Å². The zero-order valence-corrected chi connectivity index (χ0v) is 14.7. The quantitative estimate of drug-likeness (QED) is 0.784. The largest absolute Gasteiger partial charge is 0.348 e. The number of amides is 1. The summed E-state index contributed by atoms with van der Waals surface area (Å²) in [6.07, 6.45) is 11.0. The molecule has 1 saturated heterocycles. The highest BCUT2D eigenvalue weighted by atomic mass is 16.2. The van der Waals surface area contributed by atoms with E-state index in [-0.39, 0.29) is 11.9 Å². The smallest absolute Gasteiger partial charge is 0.278 e. The van der Waals surface area contributed by atoms with Gasteiger partial charge in [0.2, 0.25) is 5.95 Å². The first-order valence-corrected chi connectivity index (χ1v) is 9.41. The highest BCUT2D eigenvalue weighted by molar-refractivity contribution is 5.80. The normalized spacial score (nSPS) is 22.0. The van der Waals surface area contributed by atoms with Gasteiger partial charge in [-0.1, -0.05) is 25.7 Å². The second-order valence-corrected chi connectivity index (χ2v) is 7.11. The Bertz CT molecular complexity index is 507. The van der Waals surface area contributed by atoms with E-state index in [0.717, 1.165) is 45.0 Å². The van der Waals surface area contributed by atoms with E-state index in [0.29, 0.717) is 6.04 Å². The Labute approximate surface area is 144 Å². The molecule has 6 nitrogen and oxygen atoms in total. The predicted octanol–water partition coefficient (Wildman–Crippen LogP) is 0.409. The SMILES string of the molecule is C[C@H](C(=O)NC1CCCCCC1)[NH+]1CCN(c2ncccn2)CC1. The zero-order valence-electron chi connectivity index (χ0n) is 14.7. The number of rotatable bonds is 4. The lowest BCUT2D eigenvalue weighted by atomic mass is 10.1.